The summed E-state index contributed by atoms with van der Waals surface area (Å²) in [6.07, 6.45) is 0. The maximum absolute atomic E-state index is 6.13. The van der Waals surface area contributed by atoms with Crippen molar-refractivity contribution in [3.05, 3.63) is 46.7 Å². The minimum atomic E-state index is 0.475. The standard InChI is InChI=1S/C13H15ClN4/c1-9-16-12(15)7-13(17-9)18(2)8-10-5-3-4-6-11(10)14/h3-7H,8H2,1-2H3,(H2,15,16,17). The van der Waals surface area contributed by atoms with Gasteiger partial charge in [0.2, 0.25) is 0 Å². The lowest BCUT2D eigenvalue weighted by Gasteiger charge is -2.19. The molecule has 4 nitrogen and oxygen atoms in total. The summed E-state index contributed by atoms with van der Waals surface area (Å²) in [6.45, 7) is 2.50. The molecule has 2 rings (SSSR count). The number of nitrogens with zero attached hydrogens (tertiary/aromatic N) is 3. The lowest BCUT2D eigenvalue weighted by atomic mass is 10.2. The zero-order valence-corrected chi connectivity index (χ0v) is 11.1. The number of hydrogen-bond donors (Lipinski definition) is 1. The van der Waals surface area contributed by atoms with Crippen molar-refractivity contribution in [2.75, 3.05) is 17.7 Å². The van der Waals surface area contributed by atoms with E-state index in [2.05, 4.69) is 9.97 Å². The molecule has 0 saturated carbocycles. The Morgan fingerprint density at radius 2 is 2.00 bits per heavy atom. The van der Waals surface area contributed by atoms with Gasteiger partial charge in [-0.1, -0.05) is 29.8 Å². The molecule has 1 heterocycles. The van der Waals surface area contributed by atoms with Gasteiger partial charge in [-0.05, 0) is 18.6 Å². The molecule has 0 saturated heterocycles. The lowest BCUT2D eigenvalue weighted by Crippen LogP contribution is -2.19. The van der Waals surface area contributed by atoms with Gasteiger partial charge in [-0.3, -0.25) is 0 Å². The summed E-state index contributed by atoms with van der Waals surface area (Å²) in [4.78, 5) is 10.4. The van der Waals surface area contributed by atoms with Gasteiger partial charge in [0.15, 0.2) is 0 Å². The summed E-state index contributed by atoms with van der Waals surface area (Å²) in [5.41, 5.74) is 6.77. The average Bonchev–Trinajstić information content (AvgIpc) is 2.31. The smallest absolute Gasteiger partial charge is 0.134 e. The minimum absolute atomic E-state index is 0.475. The molecule has 0 aliphatic carbocycles. The Morgan fingerprint density at radius 3 is 2.67 bits per heavy atom. The highest BCUT2D eigenvalue weighted by molar-refractivity contribution is 6.31. The van der Waals surface area contributed by atoms with Crippen LogP contribution in [0.15, 0.2) is 30.3 Å². The fourth-order valence-electron chi connectivity index (χ4n) is 1.73. The molecule has 0 atom stereocenters. The minimum Gasteiger partial charge on any atom is -0.384 e. The summed E-state index contributed by atoms with van der Waals surface area (Å²) < 4.78 is 0. The SMILES string of the molecule is Cc1nc(N)cc(N(C)Cc2ccccc2Cl)n1. The van der Waals surface area contributed by atoms with E-state index in [1.165, 1.54) is 0 Å². The van der Waals surface area contributed by atoms with Gasteiger partial charge in [0.1, 0.15) is 17.5 Å². The predicted molar refractivity (Wildman–Crippen MR) is 74.7 cm³/mol. The zero-order valence-electron chi connectivity index (χ0n) is 10.4. The molecule has 1 aromatic carbocycles. The van der Waals surface area contributed by atoms with E-state index in [0.717, 1.165) is 16.4 Å². The second kappa shape index (κ2) is 5.23. The molecule has 94 valence electrons. The second-order valence-electron chi connectivity index (χ2n) is 4.15. The van der Waals surface area contributed by atoms with Crippen LogP contribution in [0, 0.1) is 6.92 Å². The molecule has 5 heteroatoms. The van der Waals surface area contributed by atoms with Gasteiger partial charge in [-0.15, -0.1) is 0 Å². The van der Waals surface area contributed by atoms with E-state index in [1.54, 1.807) is 6.07 Å². The molecule has 0 aliphatic heterocycles. The molecule has 18 heavy (non-hydrogen) atoms. The third-order valence-corrected chi connectivity index (χ3v) is 2.97. The number of hydrogen-bond acceptors (Lipinski definition) is 4. The number of nitrogens with two attached hydrogens (primary N) is 1. The van der Waals surface area contributed by atoms with Crippen LogP contribution in [-0.2, 0) is 6.54 Å². The van der Waals surface area contributed by atoms with Crippen molar-refractivity contribution in [3.63, 3.8) is 0 Å². The Bertz CT molecular complexity index is 536. The van der Waals surface area contributed by atoms with Crippen LogP contribution in [0.25, 0.3) is 0 Å². The molecule has 0 spiro atoms. The van der Waals surface area contributed by atoms with Gasteiger partial charge < -0.3 is 10.6 Å². The molecule has 0 radical (unpaired) electrons. The first kappa shape index (κ1) is 12.6. The Morgan fingerprint density at radius 1 is 1.28 bits per heavy atom. The molecular weight excluding hydrogens is 248 g/mol. The predicted octanol–water partition coefficient (Wildman–Crippen LogP) is 2.66. The zero-order chi connectivity index (χ0) is 13.1. The highest BCUT2D eigenvalue weighted by atomic mass is 35.5. The first-order chi connectivity index (χ1) is 8.56. The highest BCUT2D eigenvalue weighted by Crippen LogP contribution is 2.20. The van der Waals surface area contributed by atoms with Crippen LogP contribution in [0.4, 0.5) is 11.6 Å². The van der Waals surface area contributed by atoms with E-state index < -0.39 is 0 Å². The topological polar surface area (TPSA) is 55.0 Å². The number of aryl methyl sites for hydroxylation is 1. The average molecular weight is 263 g/mol. The van der Waals surface area contributed by atoms with E-state index in [9.17, 15) is 0 Å². The van der Waals surface area contributed by atoms with Crippen molar-refractivity contribution in [2.45, 2.75) is 13.5 Å². The van der Waals surface area contributed by atoms with Gasteiger partial charge in [0, 0.05) is 24.7 Å². The third-order valence-electron chi connectivity index (χ3n) is 2.60. The lowest BCUT2D eigenvalue weighted by molar-refractivity contribution is 0.881. The highest BCUT2D eigenvalue weighted by Gasteiger charge is 2.07. The number of rotatable bonds is 3. The normalized spacial score (nSPS) is 10.4. The fraction of sp³-hybridized carbons (Fsp3) is 0.231. The van der Waals surface area contributed by atoms with Crippen LogP contribution >= 0.6 is 11.6 Å². The molecule has 0 amide bonds. The number of nitrogen functional groups attached to an aromatic ring is 1. The van der Waals surface area contributed by atoms with Crippen LogP contribution in [-0.4, -0.2) is 17.0 Å². The monoisotopic (exact) mass is 262 g/mol. The van der Waals surface area contributed by atoms with Gasteiger partial charge in [-0.2, -0.15) is 0 Å². The summed E-state index contributed by atoms with van der Waals surface area (Å²) in [6, 6.07) is 9.51. The summed E-state index contributed by atoms with van der Waals surface area (Å²) in [7, 11) is 1.95. The molecule has 2 aromatic rings. The second-order valence-corrected chi connectivity index (χ2v) is 4.55. The van der Waals surface area contributed by atoms with E-state index in [0.29, 0.717) is 18.2 Å². The van der Waals surface area contributed by atoms with Crippen LogP contribution in [0.5, 0.6) is 0 Å². The van der Waals surface area contributed by atoms with Crippen molar-refractivity contribution < 1.29 is 0 Å². The molecule has 0 unspecified atom stereocenters. The quantitative estimate of drug-likeness (QED) is 0.924. The first-order valence-electron chi connectivity index (χ1n) is 5.62. The molecule has 2 N–H and O–H groups in total. The van der Waals surface area contributed by atoms with Crippen molar-refractivity contribution >= 4 is 23.2 Å². The van der Waals surface area contributed by atoms with Gasteiger partial charge in [-0.25, -0.2) is 9.97 Å². The fourth-order valence-corrected chi connectivity index (χ4v) is 1.93. The van der Waals surface area contributed by atoms with E-state index >= 15 is 0 Å². The van der Waals surface area contributed by atoms with E-state index in [-0.39, 0.29) is 0 Å². The van der Waals surface area contributed by atoms with Crippen molar-refractivity contribution in [3.8, 4) is 0 Å². The number of anilines is 2. The number of aromatic nitrogens is 2. The summed E-state index contributed by atoms with van der Waals surface area (Å²) in [5, 5.41) is 0.753. The molecule has 1 aromatic heterocycles. The van der Waals surface area contributed by atoms with E-state index in [1.807, 2.05) is 43.1 Å². The van der Waals surface area contributed by atoms with Crippen LogP contribution < -0.4 is 10.6 Å². The Hall–Kier alpha value is -1.81. The Kier molecular flexibility index (Phi) is 3.67. The number of benzene rings is 1. The largest absolute Gasteiger partial charge is 0.384 e. The van der Waals surface area contributed by atoms with Crippen molar-refractivity contribution in [2.24, 2.45) is 0 Å². The van der Waals surface area contributed by atoms with Crippen LogP contribution in [0.3, 0.4) is 0 Å². The van der Waals surface area contributed by atoms with E-state index in [4.69, 9.17) is 17.3 Å². The van der Waals surface area contributed by atoms with Gasteiger partial charge in [0.25, 0.3) is 0 Å². The maximum atomic E-state index is 6.13. The van der Waals surface area contributed by atoms with Crippen LogP contribution in [0.1, 0.15) is 11.4 Å². The van der Waals surface area contributed by atoms with Crippen LogP contribution in [0.2, 0.25) is 5.02 Å². The molecule has 0 fully saturated rings. The number of halogens is 1. The Labute approximate surface area is 111 Å². The maximum Gasteiger partial charge on any atom is 0.134 e. The molecular formula is C13H15ClN4. The summed E-state index contributed by atoms with van der Waals surface area (Å²) in [5.74, 6) is 1.93. The van der Waals surface area contributed by atoms with Crippen molar-refractivity contribution in [1.29, 1.82) is 0 Å². The third kappa shape index (κ3) is 2.90. The molecule has 0 aliphatic rings. The van der Waals surface area contributed by atoms with Gasteiger partial charge >= 0.3 is 0 Å². The summed E-state index contributed by atoms with van der Waals surface area (Å²) >= 11 is 6.13. The molecule has 0 bridgehead atoms. The Balaban J connectivity index is 2.22. The first-order valence-corrected chi connectivity index (χ1v) is 6.00. The van der Waals surface area contributed by atoms with Crippen molar-refractivity contribution in [1.82, 2.24) is 9.97 Å². The van der Waals surface area contributed by atoms with Gasteiger partial charge in [0.05, 0.1) is 0 Å².